The van der Waals surface area contributed by atoms with Crippen molar-refractivity contribution in [2.75, 3.05) is 16.7 Å². The van der Waals surface area contributed by atoms with Crippen molar-refractivity contribution in [3.8, 4) is 5.75 Å². The second-order valence-corrected chi connectivity index (χ2v) is 6.64. The molecule has 1 aromatic heterocycles. The zero-order chi connectivity index (χ0) is 18.3. The van der Waals surface area contributed by atoms with Crippen LogP contribution in [0.25, 0.3) is 0 Å². The van der Waals surface area contributed by atoms with Gasteiger partial charge < -0.3 is 9.55 Å². The fraction of sp³-hybridized carbons (Fsp3) is 0.190. The largest absolute Gasteiger partial charge is 0.503 e. The van der Waals surface area contributed by atoms with Crippen molar-refractivity contribution >= 4 is 29.9 Å². The first kappa shape index (κ1) is 16.5. The molecule has 0 saturated heterocycles. The van der Waals surface area contributed by atoms with Gasteiger partial charge >= 0.3 is 6.98 Å². The van der Waals surface area contributed by atoms with E-state index in [9.17, 15) is 0 Å². The Morgan fingerprint density at radius 3 is 2.35 bits per heavy atom. The molecular weight excluding hydrogens is 321 g/mol. The number of methoxy groups -OCH3 is 1. The quantitative estimate of drug-likeness (QED) is 0.524. The van der Waals surface area contributed by atoms with E-state index in [0.29, 0.717) is 0 Å². The molecule has 26 heavy (non-hydrogen) atoms. The summed E-state index contributed by atoms with van der Waals surface area (Å²) in [6, 6.07) is 21.1. The maximum absolute atomic E-state index is 5.61. The molecule has 0 bridgehead atoms. The van der Waals surface area contributed by atoms with Crippen LogP contribution in [-0.4, -0.2) is 14.1 Å². The van der Waals surface area contributed by atoms with Crippen LogP contribution in [0.3, 0.4) is 0 Å². The van der Waals surface area contributed by atoms with E-state index < -0.39 is 0 Å². The Labute approximate surface area is 155 Å². The van der Waals surface area contributed by atoms with Gasteiger partial charge in [-0.2, -0.15) is 0 Å². The number of aromatic nitrogens is 1. The van der Waals surface area contributed by atoms with Crippen LogP contribution >= 0.6 is 0 Å². The zero-order valence-corrected chi connectivity index (χ0v) is 15.7. The molecule has 1 aliphatic heterocycles. The summed E-state index contributed by atoms with van der Waals surface area (Å²) in [7, 11) is 3.82. The average molecular weight is 344 g/mol. The van der Waals surface area contributed by atoms with Crippen molar-refractivity contribution in [1.82, 2.24) is 0 Å². The van der Waals surface area contributed by atoms with Gasteiger partial charge in [0.2, 0.25) is 0 Å². The van der Waals surface area contributed by atoms with Gasteiger partial charge in [-0.15, -0.1) is 0 Å². The molecule has 0 N–H and O–H groups in total. The Morgan fingerprint density at radius 2 is 1.65 bits per heavy atom. The number of hydrogen-bond acceptors (Lipinski definition) is 3. The van der Waals surface area contributed by atoms with E-state index in [0.717, 1.165) is 17.1 Å². The van der Waals surface area contributed by atoms with Crippen LogP contribution in [-0.2, 0) is 7.05 Å². The van der Waals surface area contributed by atoms with Crippen LogP contribution in [0.1, 0.15) is 5.56 Å². The molecule has 4 nitrogen and oxygen atoms in total. The van der Waals surface area contributed by atoms with Gasteiger partial charge in [0.25, 0.3) is 5.82 Å². The predicted octanol–water partition coefficient (Wildman–Crippen LogP) is 4.24. The van der Waals surface area contributed by atoms with E-state index in [1.807, 2.05) is 0 Å². The number of nitrogens with zero attached hydrogens (tertiary/aromatic N) is 3. The molecule has 0 radical (unpaired) electrons. The molecule has 0 spiro atoms. The highest BCUT2D eigenvalue weighted by atomic mass is 16.5. The lowest BCUT2D eigenvalue weighted by Crippen LogP contribution is -2.46. The molecule has 3 aromatic rings. The zero-order valence-electron chi connectivity index (χ0n) is 15.7. The minimum absolute atomic E-state index is 0.145. The van der Waals surface area contributed by atoms with Crippen molar-refractivity contribution in [3.63, 3.8) is 0 Å². The highest BCUT2D eigenvalue weighted by Gasteiger charge is 2.47. The van der Waals surface area contributed by atoms with Crippen LogP contribution < -0.4 is 18.9 Å². The highest BCUT2D eigenvalue weighted by Crippen LogP contribution is 2.49. The fourth-order valence-electron chi connectivity index (χ4n) is 3.90. The van der Waals surface area contributed by atoms with Crippen molar-refractivity contribution in [3.05, 3.63) is 72.4 Å². The van der Waals surface area contributed by atoms with Crippen LogP contribution in [0.2, 0.25) is 6.82 Å². The molecular formula is C21H23BN3O+. The Balaban J connectivity index is 1.97. The third-order valence-corrected chi connectivity index (χ3v) is 5.14. The number of hydrogen-bond donors (Lipinski definition) is 0. The summed E-state index contributed by atoms with van der Waals surface area (Å²) in [5, 5.41) is 0. The normalized spacial score (nSPS) is 13.2. The van der Waals surface area contributed by atoms with Crippen molar-refractivity contribution in [2.24, 2.45) is 7.05 Å². The first-order chi connectivity index (χ1) is 12.6. The number of anilines is 4. The molecule has 2 heterocycles. The van der Waals surface area contributed by atoms with Gasteiger partial charge in [0, 0.05) is 17.3 Å². The Morgan fingerprint density at radius 1 is 0.923 bits per heavy atom. The second kappa shape index (κ2) is 6.41. The molecule has 0 atom stereocenters. The minimum atomic E-state index is 0.145. The van der Waals surface area contributed by atoms with Gasteiger partial charge in [0.15, 0.2) is 0 Å². The second-order valence-electron chi connectivity index (χ2n) is 6.64. The summed E-state index contributed by atoms with van der Waals surface area (Å²) in [6.07, 6.45) is 2.09. The molecule has 5 heteroatoms. The number of ether oxygens (including phenoxy) is 1. The van der Waals surface area contributed by atoms with Crippen molar-refractivity contribution in [2.45, 2.75) is 13.7 Å². The van der Waals surface area contributed by atoms with Gasteiger partial charge in [0.1, 0.15) is 11.4 Å². The number of rotatable bonds is 3. The first-order valence-electron chi connectivity index (χ1n) is 8.89. The third kappa shape index (κ3) is 2.43. The minimum Gasteiger partial charge on any atom is -0.496 e. The monoisotopic (exact) mass is 344 g/mol. The number of pyridine rings is 1. The molecule has 130 valence electrons. The molecule has 0 aliphatic carbocycles. The average Bonchev–Trinajstić information content (AvgIpc) is 2.96. The van der Waals surface area contributed by atoms with E-state index in [1.165, 1.54) is 17.1 Å². The van der Waals surface area contributed by atoms with E-state index in [2.05, 4.69) is 102 Å². The highest BCUT2D eigenvalue weighted by molar-refractivity contribution is 6.71. The Kier molecular flexibility index (Phi) is 4.07. The smallest absolute Gasteiger partial charge is 0.496 e. The molecule has 0 fully saturated rings. The number of aryl methyl sites for hydroxylation is 1. The fourth-order valence-corrected chi connectivity index (χ4v) is 3.90. The van der Waals surface area contributed by atoms with E-state index in [4.69, 9.17) is 4.74 Å². The summed E-state index contributed by atoms with van der Waals surface area (Å²) in [5.41, 5.74) is 4.74. The Hall–Kier alpha value is -2.95. The summed E-state index contributed by atoms with van der Waals surface area (Å²) < 4.78 is 7.77. The van der Waals surface area contributed by atoms with Crippen LogP contribution in [0, 0.1) is 6.92 Å². The van der Waals surface area contributed by atoms with Crippen LogP contribution in [0.15, 0.2) is 66.9 Å². The number of fused-ring (bicyclic) bond motifs is 1. The first-order valence-corrected chi connectivity index (χ1v) is 8.89. The van der Waals surface area contributed by atoms with Gasteiger partial charge in [-0.1, -0.05) is 24.3 Å². The number of benzene rings is 2. The molecule has 0 unspecified atom stereocenters. The Bertz CT molecular complexity index is 945. The molecule has 0 amide bonds. The lowest BCUT2D eigenvalue weighted by atomic mass is 9.76. The molecule has 1 aliphatic rings. The number of para-hydroxylation sites is 1. The molecule has 0 saturated carbocycles. The molecule has 4 rings (SSSR count). The van der Waals surface area contributed by atoms with Crippen molar-refractivity contribution in [1.29, 1.82) is 0 Å². The van der Waals surface area contributed by atoms with Crippen LogP contribution in [0.5, 0.6) is 5.75 Å². The van der Waals surface area contributed by atoms with Gasteiger partial charge in [-0.05, 0) is 44.1 Å². The summed E-state index contributed by atoms with van der Waals surface area (Å²) >= 11 is 0. The van der Waals surface area contributed by atoms with Crippen LogP contribution in [0.4, 0.5) is 22.9 Å². The lowest BCUT2D eigenvalue weighted by Gasteiger charge is -2.22. The van der Waals surface area contributed by atoms with E-state index in [-0.39, 0.29) is 6.98 Å². The van der Waals surface area contributed by atoms with E-state index in [1.54, 1.807) is 7.11 Å². The standard InChI is InChI=1S/C21H23BN3O/c1-16-19(26-4)14-13-18-21(16)25(20-12-8-9-15-23(20)3)22(2)24(18)17-10-6-5-7-11-17/h5-15H,1-4H3/q+1. The van der Waals surface area contributed by atoms with Gasteiger partial charge in [-0.3, -0.25) is 4.81 Å². The summed E-state index contributed by atoms with van der Waals surface area (Å²) in [5.74, 6) is 2.06. The lowest BCUT2D eigenvalue weighted by molar-refractivity contribution is -0.658. The topological polar surface area (TPSA) is 19.6 Å². The maximum Gasteiger partial charge on any atom is 0.503 e. The van der Waals surface area contributed by atoms with Gasteiger partial charge in [0.05, 0.1) is 26.0 Å². The van der Waals surface area contributed by atoms with Crippen molar-refractivity contribution < 1.29 is 9.30 Å². The summed E-state index contributed by atoms with van der Waals surface area (Å²) in [4.78, 5) is 4.77. The predicted molar refractivity (Wildman–Crippen MR) is 108 cm³/mol. The van der Waals surface area contributed by atoms with E-state index >= 15 is 0 Å². The molecule has 2 aromatic carbocycles. The third-order valence-electron chi connectivity index (χ3n) is 5.14. The van der Waals surface area contributed by atoms with Gasteiger partial charge in [-0.25, -0.2) is 4.57 Å². The summed E-state index contributed by atoms with van der Waals surface area (Å²) in [6.45, 7) is 4.52. The SMILES string of the molecule is COc1ccc2c(c1C)N(c1cccc[n+]1C)B(C)N2c1ccccc1. The maximum atomic E-state index is 5.61.